The second kappa shape index (κ2) is 10.2. The Hall–Kier alpha value is -2.76. The number of ether oxygens (including phenoxy) is 3. The summed E-state index contributed by atoms with van der Waals surface area (Å²) in [6.45, 7) is 5.95. The first-order valence-corrected chi connectivity index (χ1v) is 7.84. The van der Waals surface area contributed by atoms with Gasteiger partial charge < -0.3 is 19.1 Å². The average molecular weight is 347 g/mol. The van der Waals surface area contributed by atoms with Crippen LogP contribution < -0.4 is 9.47 Å². The van der Waals surface area contributed by atoms with Crippen molar-refractivity contribution in [2.45, 2.75) is 6.92 Å². The van der Waals surface area contributed by atoms with E-state index in [-0.39, 0.29) is 18.4 Å². The Balaban J connectivity index is 2.94. The zero-order valence-electron chi connectivity index (χ0n) is 15.2. The lowest BCUT2D eigenvalue weighted by molar-refractivity contribution is -0.145. The van der Waals surface area contributed by atoms with Gasteiger partial charge in [-0.3, -0.25) is 9.59 Å². The molecule has 0 aliphatic heterocycles. The number of rotatable bonds is 9. The number of hydrogen-bond acceptors (Lipinski definition) is 5. The summed E-state index contributed by atoms with van der Waals surface area (Å²) in [4.78, 5) is 25.6. The third-order valence-corrected chi connectivity index (χ3v) is 3.60. The van der Waals surface area contributed by atoms with Crippen molar-refractivity contribution in [3.05, 3.63) is 42.5 Å². The van der Waals surface area contributed by atoms with Crippen molar-refractivity contribution in [3.63, 3.8) is 0 Å². The van der Waals surface area contributed by atoms with Crippen molar-refractivity contribution >= 4 is 18.0 Å². The summed E-state index contributed by atoms with van der Waals surface area (Å²) in [7, 11) is 4.46. The molecule has 1 rings (SSSR count). The highest BCUT2D eigenvalue weighted by Gasteiger charge is 2.19. The molecule has 0 N–H and O–H groups in total. The molecule has 136 valence electrons. The van der Waals surface area contributed by atoms with E-state index in [0.29, 0.717) is 18.0 Å². The van der Waals surface area contributed by atoms with E-state index in [1.54, 1.807) is 51.5 Å². The number of methoxy groups -OCH3 is 3. The number of benzene rings is 1. The molecule has 0 saturated heterocycles. The first-order chi connectivity index (χ1) is 12.0. The third-order valence-electron chi connectivity index (χ3n) is 3.60. The molecule has 0 bridgehead atoms. The maximum atomic E-state index is 12.5. The minimum absolute atomic E-state index is 0.236. The van der Waals surface area contributed by atoms with Crippen LogP contribution in [-0.4, -0.2) is 51.2 Å². The molecule has 6 heteroatoms. The predicted molar refractivity (Wildman–Crippen MR) is 96.5 cm³/mol. The van der Waals surface area contributed by atoms with Crippen LogP contribution in [0.4, 0.5) is 0 Å². The van der Waals surface area contributed by atoms with E-state index in [9.17, 15) is 9.59 Å². The van der Waals surface area contributed by atoms with Crippen LogP contribution in [0.3, 0.4) is 0 Å². The molecule has 0 aliphatic carbocycles. The molecule has 0 aliphatic rings. The van der Waals surface area contributed by atoms with Crippen molar-refractivity contribution in [1.82, 2.24) is 4.90 Å². The number of carbonyl (C=O) groups is 2. The van der Waals surface area contributed by atoms with E-state index in [4.69, 9.17) is 14.2 Å². The normalized spacial score (nSPS) is 11.7. The molecule has 0 spiro atoms. The largest absolute Gasteiger partial charge is 0.497 e. The van der Waals surface area contributed by atoms with Crippen LogP contribution in [0.25, 0.3) is 6.08 Å². The lowest BCUT2D eigenvalue weighted by Gasteiger charge is -2.22. The van der Waals surface area contributed by atoms with Gasteiger partial charge in [0.25, 0.3) is 0 Å². The number of hydrogen-bond donors (Lipinski definition) is 0. The van der Waals surface area contributed by atoms with Crippen LogP contribution in [0.5, 0.6) is 11.5 Å². The Morgan fingerprint density at radius 1 is 1.24 bits per heavy atom. The standard InChI is InChI=1S/C19H25NO5/c1-6-11-20(13-14(2)19(22)25-5)18(21)10-7-15-12-16(23-3)8-9-17(15)24-4/h6-10,12,14H,1,11,13H2,2-5H3/b10-7+. The maximum absolute atomic E-state index is 12.5. The second-order valence-corrected chi connectivity index (χ2v) is 5.40. The molecule has 6 nitrogen and oxygen atoms in total. The molecule has 0 heterocycles. The summed E-state index contributed by atoms with van der Waals surface area (Å²) in [5, 5.41) is 0. The number of amides is 1. The van der Waals surface area contributed by atoms with Gasteiger partial charge in [-0.1, -0.05) is 13.0 Å². The highest BCUT2D eigenvalue weighted by molar-refractivity contribution is 5.92. The van der Waals surface area contributed by atoms with Crippen molar-refractivity contribution in [3.8, 4) is 11.5 Å². The van der Waals surface area contributed by atoms with Gasteiger partial charge in [-0.15, -0.1) is 6.58 Å². The summed E-state index contributed by atoms with van der Waals surface area (Å²) in [6.07, 6.45) is 4.70. The summed E-state index contributed by atoms with van der Waals surface area (Å²) in [5.74, 6) is 0.271. The molecule has 1 aromatic rings. The first-order valence-electron chi connectivity index (χ1n) is 7.84. The van der Waals surface area contributed by atoms with Crippen molar-refractivity contribution in [2.24, 2.45) is 5.92 Å². The van der Waals surface area contributed by atoms with Gasteiger partial charge in [0.05, 0.1) is 27.2 Å². The van der Waals surface area contributed by atoms with Gasteiger partial charge in [-0.25, -0.2) is 0 Å². The van der Waals surface area contributed by atoms with E-state index in [2.05, 4.69) is 6.58 Å². The monoisotopic (exact) mass is 347 g/mol. The Morgan fingerprint density at radius 2 is 1.96 bits per heavy atom. The molecule has 1 aromatic carbocycles. The van der Waals surface area contributed by atoms with Gasteiger partial charge in [-0.2, -0.15) is 0 Å². The minimum Gasteiger partial charge on any atom is -0.497 e. The molecular formula is C19H25NO5. The Bertz CT molecular complexity index is 639. The van der Waals surface area contributed by atoms with E-state index in [1.807, 2.05) is 0 Å². The van der Waals surface area contributed by atoms with Gasteiger partial charge in [0, 0.05) is 24.7 Å². The van der Waals surface area contributed by atoms with Gasteiger partial charge in [-0.05, 0) is 24.3 Å². The number of carbonyl (C=O) groups excluding carboxylic acids is 2. The molecule has 1 unspecified atom stereocenters. The van der Waals surface area contributed by atoms with Gasteiger partial charge in [0.1, 0.15) is 11.5 Å². The lowest BCUT2D eigenvalue weighted by atomic mass is 10.1. The van der Waals surface area contributed by atoms with Gasteiger partial charge >= 0.3 is 5.97 Å². The Morgan fingerprint density at radius 3 is 2.52 bits per heavy atom. The summed E-state index contributed by atoms with van der Waals surface area (Å²) in [5.41, 5.74) is 0.717. The summed E-state index contributed by atoms with van der Waals surface area (Å²) in [6, 6.07) is 5.32. The van der Waals surface area contributed by atoms with E-state index < -0.39 is 5.92 Å². The molecule has 1 amide bonds. The zero-order chi connectivity index (χ0) is 18.8. The molecule has 25 heavy (non-hydrogen) atoms. The molecule has 0 saturated carbocycles. The van der Waals surface area contributed by atoms with Crippen LogP contribution in [0.1, 0.15) is 12.5 Å². The Kier molecular flexibility index (Phi) is 8.26. The average Bonchev–Trinajstić information content (AvgIpc) is 2.64. The van der Waals surface area contributed by atoms with Gasteiger partial charge in [0.2, 0.25) is 5.91 Å². The van der Waals surface area contributed by atoms with E-state index >= 15 is 0 Å². The third kappa shape index (κ3) is 5.99. The van der Waals surface area contributed by atoms with E-state index in [1.165, 1.54) is 18.1 Å². The molecule has 0 fully saturated rings. The fourth-order valence-electron chi connectivity index (χ4n) is 2.25. The van der Waals surface area contributed by atoms with Crippen LogP contribution >= 0.6 is 0 Å². The first kappa shape index (κ1) is 20.3. The molecule has 0 aromatic heterocycles. The maximum Gasteiger partial charge on any atom is 0.310 e. The van der Waals surface area contributed by atoms with E-state index in [0.717, 1.165) is 5.56 Å². The fourth-order valence-corrected chi connectivity index (χ4v) is 2.25. The van der Waals surface area contributed by atoms with Crippen LogP contribution in [0, 0.1) is 5.92 Å². The number of nitrogens with zero attached hydrogens (tertiary/aromatic N) is 1. The Labute approximate surface area is 148 Å². The minimum atomic E-state index is -0.423. The number of esters is 1. The molecule has 0 radical (unpaired) electrons. The van der Waals surface area contributed by atoms with Crippen LogP contribution in [0.2, 0.25) is 0 Å². The second-order valence-electron chi connectivity index (χ2n) is 5.40. The molecule has 1 atom stereocenters. The summed E-state index contributed by atoms with van der Waals surface area (Å²) < 4.78 is 15.2. The molecular weight excluding hydrogens is 322 g/mol. The zero-order valence-corrected chi connectivity index (χ0v) is 15.2. The highest BCUT2D eigenvalue weighted by atomic mass is 16.5. The summed E-state index contributed by atoms with van der Waals surface area (Å²) >= 11 is 0. The predicted octanol–water partition coefficient (Wildman–Crippen LogP) is 2.54. The van der Waals surface area contributed by atoms with Gasteiger partial charge in [0.15, 0.2) is 0 Å². The van der Waals surface area contributed by atoms with Crippen molar-refractivity contribution in [2.75, 3.05) is 34.4 Å². The van der Waals surface area contributed by atoms with Crippen LogP contribution in [0.15, 0.2) is 36.9 Å². The highest BCUT2D eigenvalue weighted by Crippen LogP contribution is 2.25. The smallest absolute Gasteiger partial charge is 0.310 e. The lowest BCUT2D eigenvalue weighted by Crippen LogP contribution is -2.36. The SMILES string of the molecule is C=CCN(CC(C)C(=O)OC)C(=O)/C=C/c1cc(OC)ccc1OC. The topological polar surface area (TPSA) is 65.1 Å². The fraction of sp³-hybridized carbons (Fsp3) is 0.368. The van der Waals surface area contributed by atoms with Crippen molar-refractivity contribution < 1.29 is 23.8 Å². The van der Waals surface area contributed by atoms with Crippen LogP contribution in [-0.2, 0) is 14.3 Å². The van der Waals surface area contributed by atoms with Crippen molar-refractivity contribution in [1.29, 1.82) is 0 Å². The quantitative estimate of drug-likeness (QED) is 0.390.